The Bertz CT molecular complexity index is 159. The van der Waals surface area contributed by atoms with Crippen LogP contribution in [0.25, 0.3) is 0 Å². The second kappa shape index (κ2) is 4.04. The molecule has 0 aromatic carbocycles. The fourth-order valence-electron chi connectivity index (χ4n) is 1.73. The third kappa shape index (κ3) is 1.69. The van der Waals surface area contributed by atoms with Gasteiger partial charge in [0.1, 0.15) is 5.60 Å². The van der Waals surface area contributed by atoms with E-state index in [1.165, 1.54) is 0 Å². The summed E-state index contributed by atoms with van der Waals surface area (Å²) in [7, 11) is 0. The number of carbonyl (C=O) groups excluding carboxylic acids is 1. The molecular weight excluding hydrogens is 152 g/mol. The highest BCUT2D eigenvalue weighted by Gasteiger charge is 2.43. The minimum atomic E-state index is -0.356. The Hall–Kier alpha value is -0.370. The van der Waals surface area contributed by atoms with E-state index in [0.29, 0.717) is 18.8 Å². The van der Waals surface area contributed by atoms with Crippen molar-refractivity contribution >= 4 is 5.78 Å². The van der Waals surface area contributed by atoms with Crippen molar-refractivity contribution in [3.63, 3.8) is 0 Å². The van der Waals surface area contributed by atoms with Crippen molar-refractivity contribution in [3.05, 3.63) is 0 Å². The summed E-state index contributed by atoms with van der Waals surface area (Å²) in [5.74, 6) is 0.318. The summed E-state index contributed by atoms with van der Waals surface area (Å²) in [6.07, 6.45) is 4.66. The van der Waals surface area contributed by atoms with Crippen molar-refractivity contribution in [2.24, 2.45) is 0 Å². The Morgan fingerprint density at radius 3 is 2.42 bits per heavy atom. The fourth-order valence-corrected chi connectivity index (χ4v) is 1.73. The van der Waals surface area contributed by atoms with Crippen molar-refractivity contribution in [3.8, 4) is 0 Å². The summed E-state index contributed by atoms with van der Waals surface area (Å²) in [5.41, 5.74) is -0.356. The maximum atomic E-state index is 11.6. The van der Waals surface area contributed by atoms with Crippen LogP contribution in [-0.4, -0.2) is 18.0 Å². The molecule has 1 fully saturated rings. The van der Waals surface area contributed by atoms with E-state index in [1.54, 1.807) is 0 Å². The van der Waals surface area contributed by atoms with Crippen LogP contribution < -0.4 is 0 Å². The molecule has 1 saturated carbocycles. The molecular formula is C10H18O2. The summed E-state index contributed by atoms with van der Waals surface area (Å²) in [5, 5.41) is 0. The maximum Gasteiger partial charge on any atom is 0.164 e. The molecule has 0 radical (unpaired) electrons. The number of ether oxygens (including phenoxy) is 1. The molecule has 0 aromatic rings. The Kier molecular flexibility index (Phi) is 3.27. The van der Waals surface area contributed by atoms with Crippen LogP contribution in [-0.2, 0) is 9.53 Å². The number of rotatable bonds is 5. The molecule has 1 aliphatic rings. The molecule has 0 saturated heterocycles. The van der Waals surface area contributed by atoms with Gasteiger partial charge in [-0.15, -0.1) is 0 Å². The van der Waals surface area contributed by atoms with Gasteiger partial charge < -0.3 is 4.74 Å². The minimum absolute atomic E-state index is 0.318. The highest BCUT2D eigenvalue weighted by Crippen LogP contribution is 2.37. The maximum absolute atomic E-state index is 11.6. The first-order chi connectivity index (χ1) is 5.75. The molecule has 0 aromatic heterocycles. The summed E-state index contributed by atoms with van der Waals surface area (Å²) in [6, 6.07) is 0. The minimum Gasteiger partial charge on any atom is -0.368 e. The SMILES string of the molecule is CCCC(=O)C1(OCC)CCC1. The molecule has 0 unspecified atom stereocenters. The average molecular weight is 170 g/mol. The van der Waals surface area contributed by atoms with E-state index < -0.39 is 0 Å². The van der Waals surface area contributed by atoms with E-state index in [4.69, 9.17) is 4.74 Å². The lowest BCUT2D eigenvalue weighted by atomic mass is 9.75. The third-order valence-corrected chi connectivity index (χ3v) is 2.57. The molecule has 0 bridgehead atoms. The summed E-state index contributed by atoms with van der Waals surface area (Å²) in [6.45, 7) is 4.66. The van der Waals surface area contributed by atoms with Crippen molar-refractivity contribution in [2.75, 3.05) is 6.61 Å². The summed E-state index contributed by atoms with van der Waals surface area (Å²) >= 11 is 0. The predicted octanol–water partition coefficient (Wildman–Crippen LogP) is 2.31. The van der Waals surface area contributed by atoms with Crippen LogP contribution in [0.5, 0.6) is 0 Å². The van der Waals surface area contributed by atoms with Gasteiger partial charge in [-0.2, -0.15) is 0 Å². The zero-order chi connectivity index (χ0) is 9.03. The van der Waals surface area contributed by atoms with Gasteiger partial charge in [0, 0.05) is 13.0 Å². The Labute approximate surface area is 74.3 Å². The van der Waals surface area contributed by atoms with E-state index >= 15 is 0 Å². The van der Waals surface area contributed by atoms with Gasteiger partial charge in [-0.1, -0.05) is 6.92 Å². The van der Waals surface area contributed by atoms with Crippen molar-refractivity contribution < 1.29 is 9.53 Å². The Balaban J connectivity index is 2.47. The molecule has 0 N–H and O–H groups in total. The van der Waals surface area contributed by atoms with Crippen LogP contribution in [0.4, 0.5) is 0 Å². The first kappa shape index (κ1) is 9.72. The van der Waals surface area contributed by atoms with Gasteiger partial charge in [0.2, 0.25) is 0 Å². The number of carbonyl (C=O) groups is 1. The lowest BCUT2D eigenvalue weighted by molar-refractivity contribution is -0.156. The fraction of sp³-hybridized carbons (Fsp3) is 0.900. The van der Waals surface area contributed by atoms with E-state index in [1.807, 2.05) is 13.8 Å². The molecule has 12 heavy (non-hydrogen) atoms. The molecule has 2 nitrogen and oxygen atoms in total. The van der Waals surface area contributed by atoms with Crippen molar-refractivity contribution in [2.45, 2.75) is 51.6 Å². The average Bonchev–Trinajstić information content (AvgIpc) is 1.97. The molecule has 0 spiro atoms. The lowest BCUT2D eigenvalue weighted by Gasteiger charge is -2.39. The van der Waals surface area contributed by atoms with Crippen molar-refractivity contribution in [1.29, 1.82) is 0 Å². The second-order valence-corrected chi connectivity index (χ2v) is 3.45. The first-order valence-electron chi connectivity index (χ1n) is 4.92. The first-order valence-corrected chi connectivity index (χ1v) is 4.92. The van der Waals surface area contributed by atoms with Gasteiger partial charge in [-0.05, 0) is 32.6 Å². The second-order valence-electron chi connectivity index (χ2n) is 3.45. The smallest absolute Gasteiger partial charge is 0.164 e. The Morgan fingerprint density at radius 1 is 1.42 bits per heavy atom. The van der Waals surface area contributed by atoms with E-state index in [9.17, 15) is 4.79 Å². The third-order valence-electron chi connectivity index (χ3n) is 2.57. The summed E-state index contributed by atoms with van der Waals surface area (Å²) < 4.78 is 5.53. The van der Waals surface area contributed by atoms with Crippen LogP contribution >= 0.6 is 0 Å². The van der Waals surface area contributed by atoms with Gasteiger partial charge in [0.05, 0.1) is 0 Å². The normalized spacial score (nSPS) is 20.2. The van der Waals surface area contributed by atoms with Gasteiger partial charge in [-0.25, -0.2) is 0 Å². The molecule has 0 heterocycles. The topological polar surface area (TPSA) is 26.3 Å². The standard InChI is InChI=1S/C10H18O2/c1-3-6-9(11)10(12-4-2)7-5-8-10/h3-8H2,1-2H3. The molecule has 1 rings (SSSR count). The monoisotopic (exact) mass is 170 g/mol. The summed E-state index contributed by atoms with van der Waals surface area (Å²) in [4.78, 5) is 11.6. The quantitative estimate of drug-likeness (QED) is 0.633. The molecule has 0 aliphatic heterocycles. The number of ketones is 1. The van der Waals surface area contributed by atoms with Crippen LogP contribution in [0.1, 0.15) is 46.0 Å². The molecule has 2 heteroatoms. The van der Waals surface area contributed by atoms with Crippen LogP contribution in [0.15, 0.2) is 0 Å². The highest BCUT2D eigenvalue weighted by atomic mass is 16.5. The molecule has 0 atom stereocenters. The predicted molar refractivity (Wildman–Crippen MR) is 48.1 cm³/mol. The zero-order valence-electron chi connectivity index (χ0n) is 8.06. The van der Waals surface area contributed by atoms with E-state index in [-0.39, 0.29) is 5.60 Å². The van der Waals surface area contributed by atoms with Gasteiger partial charge in [0.25, 0.3) is 0 Å². The zero-order valence-corrected chi connectivity index (χ0v) is 8.06. The Morgan fingerprint density at radius 2 is 2.08 bits per heavy atom. The van der Waals surface area contributed by atoms with E-state index in [0.717, 1.165) is 25.7 Å². The molecule has 1 aliphatic carbocycles. The molecule has 70 valence electrons. The van der Waals surface area contributed by atoms with Crippen LogP contribution in [0.3, 0.4) is 0 Å². The largest absolute Gasteiger partial charge is 0.368 e. The van der Waals surface area contributed by atoms with Gasteiger partial charge in [-0.3, -0.25) is 4.79 Å². The van der Waals surface area contributed by atoms with E-state index in [2.05, 4.69) is 0 Å². The van der Waals surface area contributed by atoms with Crippen LogP contribution in [0, 0.1) is 0 Å². The van der Waals surface area contributed by atoms with Gasteiger partial charge >= 0.3 is 0 Å². The number of hydrogen-bond donors (Lipinski definition) is 0. The number of Topliss-reactive ketones (excluding diaryl/α,β-unsaturated/α-hetero) is 1. The molecule has 0 amide bonds. The van der Waals surface area contributed by atoms with Crippen LogP contribution in [0.2, 0.25) is 0 Å². The number of hydrogen-bond acceptors (Lipinski definition) is 2. The highest BCUT2D eigenvalue weighted by molar-refractivity contribution is 5.88. The van der Waals surface area contributed by atoms with Gasteiger partial charge in [0.15, 0.2) is 5.78 Å². The lowest BCUT2D eigenvalue weighted by Crippen LogP contribution is -2.47. The van der Waals surface area contributed by atoms with Crippen molar-refractivity contribution in [1.82, 2.24) is 0 Å².